The van der Waals surface area contributed by atoms with Gasteiger partial charge in [-0.1, -0.05) is 30.3 Å². The lowest BCUT2D eigenvalue weighted by atomic mass is 9.68. The molecule has 0 bridgehead atoms. The van der Waals surface area contributed by atoms with Gasteiger partial charge in [0.15, 0.2) is 5.41 Å². The summed E-state index contributed by atoms with van der Waals surface area (Å²) in [6, 6.07) is 13.9. The quantitative estimate of drug-likeness (QED) is 0.544. The molecule has 28 heavy (non-hydrogen) atoms. The van der Waals surface area contributed by atoms with Gasteiger partial charge in [-0.15, -0.1) is 0 Å². The molecule has 5 nitrogen and oxygen atoms in total. The van der Waals surface area contributed by atoms with Gasteiger partial charge in [-0.2, -0.15) is 0 Å². The summed E-state index contributed by atoms with van der Waals surface area (Å²) in [5.41, 5.74) is -0.510. The van der Waals surface area contributed by atoms with Crippen molar-refractivity contribution < 1.29 is 23.5 Å². The number of furan rings is 1. The topological polar surface area (TPSA) is 65.7 Å². The lowest BCUT2D eigenvalue weighted by Gasteiger charge is -2.36. The van der Waals surface area contributed by atoms with E-state index < -0.39 is 17.4 Å². The molecule has 1 aromatic heterocycles. The van der Waals surface area contributed by atoms with Crippen molar-refractivity contribution in [2.24, 2.45) is 11.3 Å². The summed E-state index contributed by atoms with van der Waals surface area (Å²) >= 11 is 0. The van der Waals surface area contributed by atoms with Crippen molar-refractivity contribution in [1.82, 2.24) is 0 Å². The van der Waals surface area contributed by atoms with E-state index in [0.717, 1.165) is 29.9 Å². The highest BCUT2D eigenvalue weighted by atomic mass is 16.6. The molecule has 2 atom stereocenters. The van der Waals surface area contributed by atoms with Crippen LogP contribution >= 0.6 is 0 Å². The van der Waals surface area contributed by atoms with E-state index in [4.69, 9.17) is 13.9 Å². The Morgan fingerprint density at radius 1 is 1.04 bits per heavy atom. The van der Waals surface area contributed by atoms with Gasteiger partial charge in [0, 0.05) is 11.0 Å². The third-order valence-electron chi connectivity index (χ3n) is 6.26. The first-order valence-electron chi connectivity index (χ1n) is 10.1. The standard InChI is InChI=1S/C23H26O5/c1-3-26-20(24)22(21(25)27-4-2)13-12-17-14-23(17,15-22)19-11-10-18(28-19)16-8-6-5-7-9-16/h5-11,17H,3-4,12-15H2,1-2H3/t17?,23-/m1/s1. The van der Waals surface area contributed by atoms with E-state index in [0.29, 0.717) is 18.8 Å². The molecule has 2 saturated carbocycles. The van der Waals surface area contributed by atoms with Crippen molar-refractivity contribution in [2.45, 2.75) is 44.9 Å². The summed E-state index contributed by atoms with van der Waals surface area (Å²) in [6.07, 6.45) is 2.59. The molecule has 0 aliphatic heterocycles. The van der Waals surface area contributed by atoms with Gasteiger partial charge in [0.2, 0.25) is 0 Å². The maximum Gasteiger partial charge on any atom is 0.323 e. The van der Waals surface area contributed by atoms with Crippen LogP contribution in [0.4, 0.5) is 0 Å². The summed E-state index contributed by atoms with van der Waals surface area (Å²) in [5, 5.41) is 0. The van der Waals surface area contributed by atoms with Crippen molar-refractivity contribution >= 4 is 11.9 Å². The summed E-state index contributed by atoms with van der Waals surface area (Å²) in [4.78, 5) is 25.7. The number of benzene rings is 1. The fourth-order valence-corrected chi connectivity index (χ4v) is 4.75. The van der Waals surface area contributed by atoms with E-state index in [9.17, 15) is 9.59 Å². The molecule has 0 radical (unpaired) electrons. The van der Waals surface area contributed by atoms with E-state index in [1.165, 1.54) is 0 Å². The first-order valence-corrected chi connectivity index (χ1v) is 10.1. The molecular weight excluding hydrogens is 356 g/mol. The minimum atomic E-state index is -1.24. The van der Waals surface area contributed by atoms with Crippen molar-refractivity contribution in [2.75, 3.05) is 13.2 Å². The molecule has 0 saturated heterocycles. The normalized spacial score (nSPS) is 24.9. The van der Waals surface area contributed by atoms with Gasteiger partial charge in [-0.3, -0.25) is 9.59 Å². The van der Waals surface area contributed by atoms with Gasteiger partial charge in [0.05, 0.1) is 13.2 Å². The lowest BCUT2D eigenvalue weighted by Crippen LogP contribution is -2.47. The molecule has 2 aliphatic rings. The SMILES string of the molecule is CCOC(=O)C1(C(=O)OCC)CCC2C[C@@]2(c2ccc(-c3ccccc3)o2)C1. The number of carbonyl (C=O) groups excluding carboxylic acids is 2. The van der Waals surface area contributed by atoms with Crippen LogP contribution < -0.4 is 0 Å². The highest BCUT2D eigenvalue weighted by molar-refractivity contribution is 6.00. The average molecular weight is 382 g/mol. The Hall–Kier alpha value is -2.56. The van der Waals surface area contributed by atoms with Crippen molar-refractivity contribution in [3.05, 3.63) is 48.2 Å². The van der Waals surface area contributed by atoms with Crippen LogP contribution in [-0.2, 0) is 24.5 Å². The first-order chi connectivity index (χ1) is 13.6. The maximum atomic E-state index is 12.8. The van der Waals surface area contributed by atoms with Gasteiger partial charge in [0.25, 0.3) is 0 Å². The molecule has 0 spiro atoms. The molecular formula is C23H26O5. The highest BCUT2D eigenvalue weighted by Gasteiger charge is 2.68. The van der Waals surface area contributed by atoms with Gasteiger partial charge < -0.3 is 13.9 Å². The van der Waals surface area contributed by atoms with Crippen LogP contribution in [0.2, 0.25) is 0 Å². The van der Waals surface area contributed by atoms with E-state index >= 15 is 0 Å². The maximum absolute atomic E-state index is 12.8. The molecule has 1 heterocycles. The third-order valence-corrected chi connectivity index (χ3v) is 6.26. The lowest BCUT2D eigenvalue weighted by molar-refractivity contribution is -0.175. The van der Waals surface area contributed by atoms with Crippen LogP contribution in [0.25, 0.3) is 11.3 Å². The molecule has 1 unspecified atom stereocenters. The second-order valence-electron chi connectivity index (χ2n) is 7.83. The fourth-order valence-electron chi connectivity index (χ4n) is 4.75. The molecule has 2 aromatic rings. The minimum Gasteiger partial charge on any atom is -0.465 e. The van der Waals surface area contributed by atoms with E-state index in [2.05, 4.69) is 0 Å². The van der Waals surface area contributed by atoms with Crippen LogP contribution in [0.5, 0.6) is 0 Å². The molecule has 148 valence electrons. The summed E-state index contributed by atoms with van der Waals surface area (Å²) in [5.74, 6) is 1.16. The summed E-state index contributed by atoms with van der Waals surface area (Å²) < 4.78 is 16.8. The Bertz CT molecular complexity index is 850. The Balaban J connectivity index is 1.66. The number of ether oxygens (including phenoxy) is 2. The van der Waals surface area contributed by atoms with Gasteiger partial charge in [0.1, 0.15) is 11.5 Å². The molecule has 2 aliphatic carbocycles. The van der Waals surface area contributed by atoms with Gasteiger partial charge in [-0.05, 0) is 57.6 Å². The number of rotatable bonds is 6. The average Bonchev–Trinajstić information content (AvgIpc) is 3.23. The molecule has 0 amide bonds. The Labute approximate surface area is 165 Å². The van der Waals surface area contributed by atoms with Crippen molar-refractivity contribution in [3.8, 4) is 11.3 Å². The highest BCUT2D eigenvalue weighted by Crippen LogP contribution is 2.67. The molecule has 0 N–H and O–H groups in total. The Kier molecular flexibility index (Phi) is 4.77. The van der Waals surface area contributed by atoms with Crippen molar-refractivity contribution in [3.63, 3.8) is 0 Å². The predicted molar refractivity (Wildman–Crippen MR) is 103 cm³/mol. The molecule has 2 fully saturated rings. The van der Waals surface area contributed by atoms with Gasteiger partial charge >= 0.3 is 11.9 Å². The van der Waals surface area contributed by atoms with Crippen molar-refractivity contribution in [1.29, 1.82) is 0 Å². The smallest absolute Gasteiger partial charge is 0.323 e. The van der Waals surface area contributed by atoms with Gasteiger partial charge in [-0.25, -0.2) is 0 Å². The number of hydrogen-bond acceptors (Lipinski definition) is 5. The van der Waals surface area contributed by atoms with Crippen LogP contribution in [-0.4, -0.2) is 25.2 Å². The zero-order valence-corrected chi connectivity index (χ0v) is 16.4. The zero-order chi connectivity index (χ0) is 19.8. The zero-order valence-electron chi connectivity index (χ0n) is 16.4. The summed E-state index contributed by atoms with van der Waals surface area (Å²) in [6.45, 7) is 4.01. The minimum absolute atomic E-state index is 0.245. The molecule has 5 heteroatoms. The third kappa shape index (κ3) is 2.93. The summed E-state index contributed by atoms with van der Waals surface area (Å²) in [7, 11) is 0. The van der Waals surface area contributed by atoms with E-state index in [-0.39, 0.29) is 18.6 Å². The van der Waals surface area contributed by atoms with Crippen LogP contribution in [0.15, 0.2) is 46.9 Å². The number of carbonyl (C=O) groups is 2. The van der Waals surface area contributed by atoms with Crippen LogP contribution in [0.3, 0.4) is 0 Å². The van der Waals surface area contributed by atoms with E-state index in [1.54, 1.807) is 13.8 Å². The number of esters is 2. The van der Waals surface area contributed by atoms with Crippen LogP contribution in [0.1, 0.15) is 45.3 Å². The number of hydrogen-bond donors (Lipinski definition) is 0. The number of fused-ring (bicyclic) bond motifs is 1. The predicted octanol–water partition coefficient (Wildman–Crippen LogP) is 4.50. The largest absolute Gasteiger partial charge is 0.465 e. The monoisotopic (exact) mass is 382 g/mol. The second kappa shape index (κ2) is 7.12. The Morgan fingerprint density at radius 2 is 1.71 bits per heavy atom. The van der Waals surface area contributed by atoms with E-state index in [1.807, 2.05) is 42.5 Å². The fraction of sp³-hybridized carbons (Fsp3) is 0.478. The molecule has 1 aromatic carbocycles. The first kappa shape index (κ1) is 18.8. The second-order valence-corrected chi connectivity index (χ2v) is 7.83. The van der Waals surface area contributed by atoms with Crippen LogP contribution in [0, 0.1) is 11.3 Å². The molecule has 4 rings (SSSR count). The Morgan fingerprint density at radius 3 is 2.36 bits per heavy atom.